The number of unbranched alkanes of at least 4 members (excludes halogenated alkanes) is 1. The predicted molar refractivity (Wildman–Crippen MR) is 73.4 cm³/mol. The van der Waals surface area contributed by atoms with Crippen LogP contribution in [0.2, 0.25) is 0 Å². The first kappa shape index (κ1) is 13.0. The van der Waals surface area contributed by atoms with Crippen molar-refractivity contribution < 1.29 is 0 Å². The molecule has 0 atom stereocenters. The number of nitrogens with one attached hydrogen (secondary N) is 1. The molecule has 1 aliphatic carbocycles. The number of rotatable bonds is 8. The van der Waals surface area contributed by atoms with Gasteiger partial charge in [0.25, 0.3) is 0 Å². The van der Waals surface area contributed by atoms with Crippen molar-refractivity contribution in [3.63, 3.8) is 0 Å². The Morgan fingerprint density at radius 1 is 1.47 bits per heavy atom. The highest BCUT2D eigenvalue weighted by Gasteiger charge is 2.19. The van der Waals surface area contributed by atoms with E-state index in [9.17, 15) is 0 Å². The van der Waals surface area contributed by atoms with Crippen LogP contribution in [0.5, 0.6) is 0 Å². The van der Waals surface area contributed by atoms with Crippen LogP contribution in [-0.2, 0) is 6.54 Å². The van der Waals surface area contributed by atoms with E-state index in [2.05, 4.69) is 34.6 Å². The summed E-state index contributed by atoms with van der Waals surface area (Å²) in [6.07, 6.45) is 5.35. The first-order valence-corrected chi connectivity index (χ1v) is 7.45. The highest BCUT2D eigenvalue weighted by molar-refractivity contribution is 7.09. The quantitative estimate of drug-likeness (QED) is 0.721. The molecule has 0 spiro atoms. The third kappa shape index (κ3) is 5.15. The summed E-state index contributed by atoms with van der Waals surface area (Å²) < 4.78 is 0. The first-order valence-electron chi connectivity index (χ1n) is 6.57. The number of aryl methyl sites for hydroxylation is 1. The Balaban J connectivity index is 1.52. The minimum Gasteiger partial charge on any atom is -0.314 e. The minimum absolute atomic E-state index is 0.853. The van der Waals surface area contributed by atoms with Crippen molar-refractivity contribution in [1.29, 1.82) is 0 Å². The van der Waals surface area contributed by atoms with Gasteiger partial charge in [0.05, 0.1) is 10.7 Å². The molecule has 1 aromatic rings. The molecule has 0 aliphatic heterocycles. The number of hydrogen-bond acceptors (Lipinski definition) is 4. The summed E-state index contributed by atoms with van der Waals surface area (Å²) in [6.45, 7) is 5.41. The zero-order chi connectivity index (χ0) is 12.1. The van der Waals surface area contributed by atoms with E-state index in [1.807, 2.05) is 0 Å². The van der Waals surface area contributed by atoms with Crippen LogP contribution in [0.1, 0.15) is 36.4 Å². The third-order valence-corrected chi connectivity index (χ3v) is 3.90. The lowest BCUT2D eigenvalue weighted by atomic mass is 10.3. The fourth-order valence-corrected chi connectivity index (χ4v) is 2.54. The molecule has 0 amide bonds. The molecule has 0 bridgehead atoms. The summed E-state index contributed by atoms with van der Waals surface area (Å²) in [4.78, 5) is 6.86. The van der Waals surface area contributed by atoms with Crippen molar-refractivity contribution >= 4 is 11.3 Å². The summed E-state index contributed by atoms with van der Waals surface area (Å²) in [5, 5.41) is 6.89. The van der Waals surface area contributed by atoms with Crippen LogP contribution in [0, 0.1) is 6.92 Å². The van der Waals surface area contributed by atoms with E-state index in [0.717, 1.165) is 12.6 Å². The summed E-state index contributed by atoms with van der Waals surface area (Å²) in [7, 11) is 2.18. The summed E-state index contributed by atoms with van der Waals surface area (Å²) >= 11 is 1.74. The maximum Gasteiger partial charge on any atom is 0.0897 e. The molecule has 0 unspecified atom stereocenters. The second-order valence-corrected chi connectivity index (χ2v) is 6.09. The minimum atomic E-state index is 0.853. The molecule has 1 fully saturated rings. The number of thiazole rings is 1. The maximum absolute atomic E-state index is 4.49. The Morgan fingerprint density at radius 2 is 2.29 bits per heavy atom. The van der Waals surface area contributed by atoms with Crippen LogP contribution in [0.4, 0.5) is 0 Å². The van der Waals surface area contributed by atoms with Crippen LogP contribution in [0.3, 0.4) is 0 Å². The van der Waals surface area contributed by atoms with Crippen LogP contribution in [0.15, 0.2) is 5.38 Å². The van der Waals surface area contributed by atoms with E-state index in [0.29, 0.717) is 0 Å². The van der Waals surface area contributed by atoms with E-state index in [1.54, 1.807) is 11.3 Å². The van der Waals surface area contributed by atoms with E-state index in [-0.39, 0.29) is 0 Å². The van der Waals surface area contributed by atoms with Crippen molar-refractivity contribution in [2.24, 2.45) is 0 Å². The van der Waals surface area contributed by atoms with Gasteiger partial charge in [-0.2, -0.15) is 0 Å². The second-order valence-electron chi connectivity index (χ2n) is 5.03. The molecular weight excluding hydrogens is 230 g/mol. The molecule has 1 N–H and O–H groups in total. The van der Waals surface area contributed by atoms with Gasteiger partial charge in [0.2, 0.25) is 0 Å². The van der Waals surface area contributed by atoms with Crippen LogP contribution >= 0.6 is 11.3 Å². The summed E-state index contributed by atoms with van der Waals surface area (Å²) in [5.74, 6) is 0. The van der Waals surface area contributed by atoms with Gasteiger partial charge in [-0.05, 0) is 52.7 Å². The van der Waals surface area contributed by atoms with Crippen LogP contribution in [0.25, 0.3) is 0 Å². The molecule has 0 aromatic carbocycles. The molecule has 1 heterocycles. The Bertz CT molecular complexity index is 333. The van der Waals surface area contributed by atoms with E-state index < -0.39 is 0 Å². The van der Waals surface area contributed by atoms with Crippen molar-refractivity contribution in [1.82, 2.24) is 15.2 Å². The van der Waals surface area contributed by atoms with Crippen LogP contribution < -0.4 is 5.32 Å². The third-order valence-electron chi connectivity index (χ3n) is 3.08. The Labute approximate surface area is 108 Å². The second kappa shape index (κ2) is 6.47. The molecule has 3 nitrogen and oxygen atoms in total. The molecular formula is C13H23N3S. The Kier molecular flexibility index (Phi) is 4.95. The van der Waals surface area contributed by atoms with Gasteiger partial charge in [-0.25, -0.2) is 4.98 Å². The molecule has 17 heavy (non-hydrogen) atoms. The van der Waals surface area contributed by atoms with Crippen molar-refractivity contribution in [2.45, 2.75) is 45.2 Å². The Hall–Kier alpha value is -0.450. The number of aromatic nitrogens is 1. The first-order chi connectivity index (χ1) is 8.24. The molecule has 1 aliphatic rings. The number of nitrogens with zero attached hydrogens (tertiary/aromatic N) is 2. The fourth-order valence-electron chi connectivity index (χ4n) is 1.94. The topological polar surface area (TPSA) is 28.2 Å². The van der Waals surface area contributed by atoms with Gasteiger partial charge in [0, 0.05) is 18.0 Å². The highest BCUT2D eigenvalue weighted by atomic mass is 32.1. The molecule has 1 saturated carbocycles. The van der Waals surface area contributed by atoms with Gasteiger partial charge >= 0.3 is 0 Å². The van der Waals surface area contributed by atoms with Crippen molar-refractivity contribution in [3.05, 3.63) is 16.1 Å². The van der Waals surface area contributed by atoms with Crippen LogP contribution in [-0.4, -0.2) is 36.1 Å². The lowest BCUT2D eigenvalue weighted by Crippen LogP contribution is -2.22. The van der Waals surface area contributed by atoms with Gasteiger partial charge < -0.3 is 10.2 Å². The standard InChI is InChI=1S/C13H23N3S/c1-11-15-13(10-17-11)9-16(2)8-4-3-7-14-12-5-6-12/h10,12,14H,3-9H2,1-2H3. The predicted octanol–water partition coefficient (Wildman–Crippen LogP) is 2.42. The number of hydrogen-bond donors (Lipinski definition) is 1. The summed E-state index contributed by atoms with van der Waals surface area (Å²) in [6, 6.07) is 0.853. The highest BCUT2D eigenvalue weighted by Crippen LogP contribution is 2.18. The lowest BCUT2D eigenvalue weighted by Gasteiger charge is -2.15. The lowest BCUT2D eigenvalue weighted by molar-refractivity contribution is 0.314. The monoisotopic (exact) mass is 253 g/mol. The van der Waals surface area contributed by atoms with Crippen molar-refractivity contribution in [2.75, 3.05) is 20.1 Å². The van der Waals surface area contributed by atoms with Gasteiger partial charge in [-0.15, -0.1) is 11.3 Å². The maximum atomic E-state index is 4.49. The van der Waals surface area contributed by atoms with Gasteiger partial charge in [-0.3, -0.25) is 0 Å². The van der Waals surface area contributed by atoms with Gasteiger partial charge in [0.15, 0.2) is 0 Å². The van der Waals surface area contributed by atoms with Gasteiger partial charge in [-0.1, -0.05) is 0 Å². The average molecular weight is 253 g/mol. The van der Waals surface area contributed by atoms with E-state index >= 15 is 0 Å². The molecule has 4 heteroatoms. The van der Waals surface area contributed by atoms with Crippen molar-refractivity contribution in [3.8, 4) is 0 Å². The smallest absolute Gasteiger partial charge is 0.0897 e. The van der Waals surface area contributed by atoms with E-state index in [1.165, 1.54) is 49.5 Å². The van der Waals surface area contributed by atoms with Gasteiger partial charge in [0.1, 0.15) is 0 Å². The van der Waals surface area contributed by atoms with E-state index in [4.69, 9.17) is 0 Å². The zero-order valence-corrected chi connectivity index (χ0v) is 11.7. The zero-order valence-electron chi connectivity index (χ0n) is 10.9. The molecule has 1 aromatic heterocycles. The molecule has 0 saturated heterocycles. The SMILES string of the molecule is Cc1nc(CN(C)CCCCNC2CC2)cs1. The molecule has 96 valence electrons. The summed E-state index contributed by atoms with van der Waals surface area (Å²) in [5.41, 5.74) is 1.21. The average Bonchev–Trinajstić information content (AvgIpc) is 3.02. The fraction of sp³-hybridized carbons (Fsp3) is 0.769. The Morgan fingerprint density at radius 3 is 2.94 bits per heavy atom. The largest absolute Gasteiger partial charge is 0.314 e. The molecule has 0 radical (unpaired) electrons. The molecule has 2 rings (SSSR count). The normalized spacial score (nSPS) is 15.7.